The molecule has 0 fully saturated rings. The van der Waals surface area contributed by atoms with Gasteiger partial charge in [0.1, 0.15) is 6.61 Å². The Labute approximate surface area is 66.7 Å². The van der Waals surface area contributed by atoms with Crippen molar-refractivity contribution in [3.63, 3.8) is 0 Å². The van der Waals surface area contributed by atoms with Crippen molar-refractivity contribution >= 4 is 5.97 Å². The van der Waals surface area contributed by atoms with Crippen LogP contribution in [0.2, 0.25) is 0 Å². The standard InChI is InChI=1S/C8H14O3/c1-4-5-11-7(10)8(2,3)6-9/h4,9H,1,5-6H2,2-3H3. The number of aliphatic hydroxyl groups is 1. The van der Waals surface area contributed by atoms with Gasteiger partial charge in [-0.05, 0) is 13.8 Å². The SMILES string of the molecule is C=CCOC(=O)C(C)(C)CO. The van der Waals surface area contributed by atoms with Gasteiger partial charge >= 0.3 is 5.97 Å². The van der Waals surface area contributed by atoms with Gasteiger partial charge in [-0.1, -0.05) is 12.7 Å². The van der Waals surface area contributed by atoms with Crippen molar-refractivity contribution in [2.75, 3.05) is 13.2 Å². The molecule has 0 aromatic carbocycles. The summed E-state index contributed by atoms with van der Waals surface area (Å²) in [6.45, 7) is 6.64. The van der Waals surface area contributed by atoms with E-state index in [1.54, 1.807) is 13.8 Å². The summed E-state index contributed by atoms with van der Waals surface area (Å²) in [7, 11) is 0. The van der Waals surface area contributed by atoms with Gasteiger partial charge in [0.25, 0.3) is 0 Å². The number of hydrogen-bond acceptors (Lipinski definition) is 3. The van der Waals surface area contributed by atoms with Crippen LogP contribution < -0.4 is 0 Å². The number of esters is 1. The molecule has 0 saturated carbocycles. The normalized spacial score (nSPS) is 10.8. The molecule has 0 spiro atoms. The Kier molecular flexibility index (Phi) is 3.82. The highest BCUT2D eigenvalue weighted by Crippen LogP contribution is 2.15. The van der Waals surface area contributed by atoms with Gasteiger partial charge in [-0.2, -0.15) is 0 Å². The van der Waals surface area contributed by atoms with E-state index in [0.717, 1.165) is 0 Å². The molecule has 0 radical (unpaired) electrons. The fraction of sp³-hybridized carbons (Fsp3) is 0.625. The molecule has 1 N–H and O–H groups in total. The van der Waals surface area contributed by atoms with Crippen LogP contribution in [-0.2, 0) is 9.53 Å². The number of ether oxygens (including phenoxy) is 1. The number of aliphatic hydroxyl groups excluding tert-OH is 1. The van der Waals surface area contributed by atoms with Crippen LogP contribution in [0.15, 0.2) is 12.7 Å². The summed E-state index contributed by atoms with van der Waals surface area (Å²) < 4.78 is 4.73. The molecule has 0 heterocycles. The summed E-state index contributed by atoms with van der Waals surface area (Å²) in [4.78, 5) is 11.0. The van der Waals surface area contributed by atoms with E-state index in [1.807, 2.05) is 0 Å². The quantitative estimate of drug-likeness (QED) is 0.484. The smallest absolute Gasteiger partial charge is 0.314 e. The van der Waals surface area contributed by atoms with E-state index in [1.165, 1.54) is 6.08 Å². The monoisotopic (exact) mass is 158 g/mol. The highest BCUT2D eigenvalue weighted by atomic mass is 16.5. The minimum Gasteiger partial charge on any atom is -0.461 e. The van der Waals surface area contributed by atoms with E-state index in [9.17, 15) is 4.79 Å². The minimum atomic E-state index is -0.803. The zero-order chi connectivity index (χ0) is 8.91. The van der Waals surface area contributed by atoms with Gasteiger partial charge in [0.2, 0.25) is 0 Å². The lowest BCUT2D eigenvalue weighted by Crippen LogP contribution is -2.30. The summed E-state index contributed by atoms with van der Waals surface area (Å²) >= 11 is 0. The summed E-state index contributed by atoms with van der Waals surface area (Å²) in [5.41, 5.74) is -0.803. The second-order valence-corrected chi connectivity index (χ2v) is 2.93. The number of carbonyl (C=O) groups is 1. The molecular weight excluding hydrogens is 144 g/mol. The van der Waals surface area contributed by atoms with Gasteiger partial charge in [0.15, 0.2) is 0 Å². The van der Waals surface area contributed by atoms with Crippen LogP contribution >= 0.6 is 0 Å². The number of hydrogen-bond donors (Lipinski definition) is 1. The molecule has 0 aliphatic heterocycles. The van der Waals surface area contributed by atoms with Crippen LogP contribution in [0.4, 0.5) is 0 Å². The molecule has 0 aromatic rings. The molecule has 11 heavy (non-hydrogen) atoms. The zero-order valence-corrected chi connectivity index (χ0v) is 6.96. The third kappa shape index (κ3) is 3.18. The van der Waals surface area contributed by atoms with Gasteiger partial charge < -0.3 is 9.84 Å². The fourth-order valence-corrected chi connectivity index (χ4v) is 0.395. The van der Waals surface area contributed by atoms with E-state index < -0.39 is 11.4 Å². The predicted octanol–water partition coefficient (Wildman–Crippen LogP) is 0.734. The van der Waals surface area contributed by atoms with Crippen molar-refractivity contribution in [2.24, 2.45) is 5.41 Å². The van der Waals surface area contributed by atoms with Gasteiger partial charge in [0.05, 0.1) is 12.0 Å². The van der Waals surface area contributed by atoms with Crippen molar-refractivity contribution in [3.05, 3.63) is 12.7 Å². The number of carbonyl (C=O) groups excluding carboxylic acids is 1. The van der Waals surface area contributed by atoms with E-state index in [0.29, 0.717) is 0 Å². The highest BCUT2D eigenvalue weighted by Gasteiger charge is 2.27. The lowest BCUT2D eigenvalue weighted by atomic mass is 9.95. The molecule has 0 aliphatic carbocycles. The van der Waals surface area contributed by atoms with E-state index in [4.69, 9.17) is 9.84 Å². The maximum absolute atomic E-state index is 11.0. The molecule has 0 rings (SSSR count). The van der Waals surface area contributed by atoms with E-state index in [2.05, 4.69) is 6.58 Å². The molecule has 0 aromatic heterocycles. The molecule has 0 atom stereocenters. The molecule has 3 heteroatoms. The first-order chi connectivity index (χ1) is 5.04. The fourth-order valence-electron chi connectivity index (χ4n) is 0.395. The van der Waals surface area contributed by atoms with E-state index in [-0.39, 0.29) is 13.2 Å². The Bertz CT molecular complexity index is 149. The zero-order valence-electron chi connectivity index (χ0n) is 6.96. The van der Waals surface area contributed by atoms with Crippen LogP contribution in [0.25, 0.3) is 0 Å². The Morgan fingerprint density at radius 2 is 2.27 bits per heavy atom. The van der Waals surface area contributed by atoms with Gasteiger partial charge in [-0.25, -0.2) is 0 Å². The van der Waals surface area contributed by atoms with Crippen LogP contribution in [0.1, 0.15) is 13.8 Å². The molecule has 0 saturated heterocycles. The minimum absolute atomic E-state index is 0.197. The topological polar surface area (TPSA) is 46.5 Å². The Balaban J connectivity index is 3.91. The summed E-state index contributed by atoms with van der Waals surface area (Å²) in [6, 6.07) is 0. The summed E-state index contributed by atoms with van der Waals surface area (Å²) in [5, 5.41) is 8.74. The summed E-state index contributed by atoms with van der Waals surface area (Å²) in [6.07, 6.45) is 1.49. The van der Waals surface area contributed by atoms with Crippen molar-refractivity contribution in [2.45, 2.75) is 13.8 Å². The van der Waals surface area contributed by atoms with Crippen LogP contribution in [0, 0.1) is 5.41 Å². The molecule has 64 valence electrons. The molecule has 3 nitrogen and oxygen atoms in total. The molecule has 0 bridgehead atoms. The first-order valence-corrected chi connectivity index (χ1v) is 3.43. The first-order valence-electron chi connectivity index (χ1n) is 3.43. The Hall–Kier alpha value is -0.830. The van der Waals surface area contributed by atoms with Crippen LogP contribution in [0.3, 0.4) is 0 Å². The predicted molar refractivity (Wildman–Crippen MR) is 42.0 cm³/mol. The summed E-state index contributed by atoms with van der Waals surface area (Å²) in [5.74, 6) is -0.403. The van der Waals surface area contributed by atoms with Crippen LogP contribution in [-0.4, -0.2) is 24.3 Å². The number of rotatable bonds is 4. The average molecular weight is 158 g/mol. The van der Waals surface area contributed by atoms with Crippen LogP contribution in [0.5, 0.6) is 0 Å². The van der Waals surface area contributed by atoms with Gasteiger partial charge in [0, 0.05) is 0 Å². The van der Waals surface area contributed by atoms with Crippen molar-refractivity contribution in [1.29, 1.82) is 0 Å². The maximum atomic E-state index is 11.0. The average Bonchev–Trinajstić information content (AvgIpc) is 2.00. The van der Waals surface area contributed by atoms with Gasteiger partial charge in [-0.3, -0.25) is 4.79 Å². The second-order valence-electron chi connectivity index (χ2n) is 2.93. The highest BCUT2D eigenvalue weighted by molar-refractivity contribution is 5.76. The van der Waals surface area contributed by atoms with Crippen molar-refractivity contribution < 1.29 is 14.6 Å². The Morgan fingerprint density at radius 3 is 2.64 bits per heavy atom. The van der Waals surface area contributed by atoms with E-state index >= 15 is 0 Å². The first kappa shape index (κ1) is 10.2. The second kappa shape index (κ2) is 4.13. The lowest BCUT2D eigenvalue weighted by molar-refractivity contribution is -0.154. The third-order valence-corrected chi connectivity index (χ3v) is 1.28. The van der Waals surface area contributed by atoms with Crippen molar-refractivity contribution in [3.8, 4) is 0 Å². The van der Waals surface area contributed by atoms with Crippen molar-refractivity contribution in [1.82, 2.24) is 0 Å². The molecule has 0 amide bonds. The molecule has 0 aliphatic rings. The third-order valence-electron chi connectivity index (χ3n) is 1.28. The molecule has 0 unspecified atom stereocenters. The van der Waals surface area contributed by atoms with Gasteiger partial charge in [-0.15, -0.1) is 0 Å². The molecular formula is C8H14O3. The Morgan fingerprint density at radius 1 is 1.73 bits per heavy atom. The lowest BCUT2D eigenvalue weighted by Gasteiger charge is -2.18. The maximum Gasteiger partial charge on any atom is 0.314 e. The largest absolute Gasteiger partial charge is 0.461 e.